The van der Waals surface area contributed by atoms with Gasteiger partial charge in [-0.3, -0.25) is 4.79 Å². The molecule has 15 heavy (non-hydrogen) atoms. The van der Waals surface area contributed by atoms with Crippen molar-refractivity contribution in [1.82, 2.24) is 0 Å². The van der Waals surface area contributed by atoms with Crippen molar-refractivity contribution < 1.29 is 4.79 Å². The number of rotatable bonds is 1. The Labute approximate surface area is 91.5 Å². The van der Waals surface area contributed by atoms with E-state index in [9.17, 15) is 4.79 Å². The van der Waals surface area contributed by atoms with E-state index < -0.39 is 0 Å². The fraction of sp³-hybridized carbons (Fsp3) is 0.500. The van der Waals surface area contributed by atoms with Gasteiger partial charge >= 0.3 is 0 Å². The lowest BCUT2D eigenvalue weighted by molar-refractivity contribution is 0.0912. The Hall–Kier alpha value is -1.11. The number of fused-ring (bicyclic) bond motifs is 1. The number of hydrogen-bond acceptors (Lipinski definition) is 1. The third-order valence-corrected chi connectivity index (χ3v) is 3.19. The maximum Gasteiger partial charge on any atom is 0.163 e. The zero-order valence-electron chi connectivity index (χ0n) is 9.76. The average Bonchev–Trinajstić information content (AvgIpc) is 2.15. The average molecular weight is 202 g/mol. The molecule has 0 N–H and O–H groups in total. The second-order valence-corrected chi connectivity index (χ2v) is 5.29. The minimum Gasteiger partial charge on any atom is -0.294 e. The van der Waals surface area contributed by atoms with Crippen LogP contribution < -0.4 is 0 Å². The van der Waals surface area contributed by atoms with Crippen molar-refractivity contribution >= 4 is 5.78 Å². The summed E-state index contributed by atoms with van der Waals surface area (Å²) >= 11 is 0. The van der Waals surface area contributed by atoms with Crippen LogP contribution in [0.3, 0.4) is 0 Å². The van der Waals surface area contributed by atoms with Gasteiger partial charge in [-0.25, -0.2) is 0 Å². The Kier molecular flexibility index (Phi) is 2.41. The van der Waals surface area contributed by atoms with Crippen LogP contribution in [0.4, 0.5) is 0 Å². The van der Waals surface area contributed by atoms with Crippen molar-refractivity contribution in [1.29, 1.82) is 0 Å². The smallest absolute Gasteiger partial charge is 0.163 e. The first-order chi connectivity index (χ1) is 7.02. The highest BCUT2D eigenvalue weighted by molar-refractivity contribution is 5.99. The largest absolute Gasteiger partial charge is 0.294 e. The molecule has 0 amide bonds. The Balaban J connectivity index is 2.46. The van der Waals surface area contributed by atoms with Gasteiger partial charge in [0.2, 0.25) is 0 Å². The van der Waals surface area contributed by atoms with Crippen molar-refractivity contribution in [3.8, 4) is 0 Å². The predicted octanol–water partition coefficient (Wildman–Crippen LogP) is 3.40. The van der Waals surface area contributed by atoms with Gasteiger partial charge in [0.15, 0.2) is 5.78 Å². The van der Waals surface area contributed by atoms with Gasteiger partial charge in [-0.1, -0.05) is 32.9 Å². The molecule has 0 aromatic heterocycles. The molecular formula is C14H18O. The van der Waals surface area contributed by atoms with Crippen LogP contribution in [0.25, 0.3) is 0 Å². The fourth-order valence-corrected chi connectivity index (χ4v) is 2.37. The van der Waals surface area contributed by atoms with Crippen molar-refractivity contribution in [2.24, 2.45) is 5.41 Å². The van der Waals surface area contributed by atoms with Gasteiger partial charge in [0.25, 0.3) is 0 Å². The highest BCUT2D eigenvalue weighted by Gasteiger charge is 2.30. The standard InChI is InChI=1S/C14H18O/c1-4-10-5-6-11-8-14(2,3)9-13(15)12(11)7-10/h5-7H,4,8-9H2,1-3H3. The number of carbonyl (C=O) groups excluding carboxylic acids is 1. The van der Waals surface area contributed by atoms with Crippen LogP contribution in [0, 0.1) is 5.41 Å². The molecule has 1 aliphatic rings. The van der Waals surface area contributed by atoms with Gasteiger partial charge in [-0.2, -0.15) is 0 Å². The summed E-state index contributed by atoms with van der Waals surface area (Å²) in [4.78, 5) is 12.0. The van der Waals surface area contributed by atoms with Crippen LogP contribution in [-0.2, 0) is 12.8 Å². The molecule has 0 radical (unpaired) electrons. The van der Waals surface area contributed by atoms with Gasteiger partial charge in [0.1, 0.15) is 0 Å². The Morgan fingerprint density at radius 1 is 1.27 bits per heavy atom. The first kappa shape index (κ1) is 10.4. The van der Waals surface area contributed by atoms with Crippen molar-refractivity contribution in [2.75, 3.05) is 0 Å². The number of aryl methyl sites for hydroxylation is 1. The summed E-state index contributed by atoms with van der Waals surface area (Å²) in [5, 5.41) is 0. The molecule has 0 unspecified atom stereocenters. The zero-order valence-corrected chi connectivity index (χ0v) is 9.76. The summed E-state index contributed by atoms with van der Waals surface area (Å²) in [7, 11) is 0. The maximum atomic E-state index is 12.0. The van der Waals surface area contributed by atoms with E-state index in [1.165, 1.54) is 11.1 Å². The van der Waals surface area contributed by atoms with Crippen LogP contribution in [0.2, 0.25) is 0 Å². The van der Waals surface area contributed by atoms with Gasteiger partial charge in [0, 0.05) is 12.0 Å². The van der Waals surface area contributed by atoms with Crippen LogP contribution in [0.1, 0.15) is 48.7 Å². The van der Waals surface area contributed by atoms with Crippen molar-refractivity contribution in [2.45, 2.75) is 40.0 Å². The van der Waals surface area contributed by atoms with Gasteiger partial charge in [0.05, 0.1) is 0 Å². The third kappa shape index (κ3) is 1.97. The maximum absolute atomic E-state index is 12.0. The molecule has 1 aliphatic carbocycles. The van der Waals surface area contributed by atoms with E-state index in [4.69, 9.17) is 0 Å². The van der Waals surface area contributed by atoms with E-state index in [-0.39, 0.29) is 5.41 Å². The molecular weight excluding hydrogens is 184 g/mol. The lowest BCUT2D eigenvalue weighted by atomic mass is 9.73. The molecule has 1 aromatic rings. The van der Waals surface area contributed by atoms with E-state index in [0.29, 0.717) is 12.2 Å². The number of ketones is 1. The first-order valence-corrected chi connectivity index (χ1v) is 5.67. The summed E-state index contributed by atoms with van der Waals surface area (Å²) < 4.78 is 0. The summed E-state index contributed by atoms with van der Waals surface area (Å²) in [6, 6.07) is 6.35. The lowest BCUT2D eigenvalue weighted by Gasteiger charge is -2.30. The Bertz CT molecular complexity index is 402. The number of Topliss-reactive ketones (excluding diaryl/α,β-unsaturated/α-hetero) is 1. The summed E-state index contributed by atoms with van der Waals surface area (Å²) in [5.74, 6) is 0.316. The predicted molar refractivity (Wildman–Crippen MR) is 62.3 cm³/mol. The zero-order chi connectivity index (χ0) is 11.1. The Morgan fingerprint density at radius 2 is 2.00 bits per heavy atom. The minimum atomic E-state index is 0.137. The molecule has 80 valence electrons. The van der Waals surface area contributed by atoms with E-state index in [0.717, 1.165) is 18.4 Å². The van der Waals surface area contributed by atoms with Crippen LogP contribution in [0.15, 0.2) is 18.2 Å². The highest BCUT2D eigenvalue weighted by atomic mass is 16.1. The Morgan fingerprint density at radius 3 is 2.67 bits per heavy atom. The highest BCUT2D eigenvalue weighted by Crippen LogP contribution is 2.34. The molecule has 0 bridgehead atoms. The molecule has 2 rings (SSSR count). The molecule has 0 heterocycles. The second-order valence-electron chi connectivity index (χ2n) is 5.29. The quantitative estimate of drug-likeness (QED) is 0.682. The molecule has 0 aliphatic heterocycles. The molecule has 1 heteroatoms. The lowest BCUT2D eigenvalue weighted by Crippen LogP contribution is -2.26. The molecule has 0 saturated heterocycles. The van der Waals surface area contributed by atoms with Crippen LogP contribution >= 0.6 is 0 Å². The third-order valence-electron chi connectivity index (χ3n) is 3.19. The number of hydrogen-bond donors (Lipinski definition) is 0. The van der Waals surface area contributed by atoms with E-state index in [1.807, 2.05) is 0 Å². The number of carbonyl (C=O) groups is 1. The van der Waals surface area contributed by atoms with Gasteiger partial charge in [-0.05, 0) is 35.4 Å². The molecule has 0 saturated carbocycles. The minimum absolute atomic E-state index is 0.137. The second kappa shape index (κ2) is 3.48. The van der Waals surface area contributed by atoms with Crippen molar-refractivity contribution in [3.05, 3.63) is 34.9 Å². The summed E-state index contributed by atoms with van der Waals surface area (Å²) in [6.45, 7) is 6.46. The van der Waals surface area contributed by atoms with Gasteiger partial charge in [-0.15, -0.1) is 0 Å². The normalized spacial score (nSPS) is 18.7. The summed E-state index contributed by atoms with van der Waals surface area (Å²) in [5.41, 5.74) is 3.60. The van der Waals surface area contributed by atoms with E-state index in [2.05, 4.69) is 39.0 Å². The van der Waals surface area contributed by atoms with Crippen LogP contribution in [-0.4, -0.2) is 5.78 Å². The molecule has 0 spiro atoms. The summed E-state index contributed by atoms with van der Waals surface area (Å²) in [6.07, 6.45) is 2.72. The van der Waals surface area contributed by atoms with E-state index in [1.54, 1.807) is 0 Å². The monoisotopic (exact) mass is 202 g/mol. The molecule has 1 aromatic carbocycles. The first-order valence-electron chi connectivity index (χ1n) is 5.67. The van der Waals surface area contributed by atoms with Gasteiger partial charge < -0.3 is 0 Å². The molecule has 0 atom stereocenters. The molecule has 1 nitrogen and oxygen atoms in total. The van der Waals surface area contributed by atoms with Crippen LogP contribution in [0.5, 0.6) is 0 Å². The topological polar surface area (TPSA) is 17.1 Å². The van der Waals surface area contributed by atoms with E-state index >= 15 is 0 Å². The number of benzene rings is 1. The fourth-order valence-electron chi connectivity index (χ4n) is 2.37. The molecule has 0 fully saturated rings. The van der Waals surface area contributed by atoms with Crippen molar-refractivity contribution in [3.63, 3.8) is 0 Å². The SMILES string of the molecule is CCc1ccc2c(c1)C(=O)CC(C)(C)C2.